The summed E-state index contributed by atoms with van der Waals surface area (Å²) in [6.45, 7) is 2.05. The van der Waals surface area contributed by atoms with Crippen molar-refractivity contribution in [3.8, 4) is 17.0 Å². The van der Waals surface area contributed by atoms with Gasteiger partial charge < -0.3 is 15.2 Å². The fraction of sp³-hybridized carbons (Fsp3) is 0.435. The first-order valence-electron chi connectivity index (χ1n) is 10.4. The molecule has 3 rings (SSSR count). The van der Waals surface area contributed by atoms with Crippen LogP contribution in [0.2, 0.25) is 0 Å². The molecule has 172 valence electrons. The Morgan fingerprint density at radius 3 is 2.50 bits per heavy atom. The predicted octanol–water partition coefficient (Wildman–Crippen LogP) is 4.93. The molecule has 2 N–H and O–H groups in total. The molecule has 1 aromatic heterocycles. The number of alkyl halides is 3. The standard InChI is InChI=1S/C23H25F3N2O4/c1-3-14-7-9-22(10-8-14,21(30)31)28-19(29)16-12-18(20(32-2)27-13-16)15-5-4-6-17(11-15)23(24,25)26/h4-6,11-14H,3,7-10H2,1-2H3,(H,28,29)(H,30,31)/t14-,22+. The number of rotatable bonds is 6. The Labute approximate surface area is 183 Å². The number of nitrogens with zero attached hydrogens (tertiary/aromatic N) is 1. The zero-order valence-corrected chi connectivity index (χ0v) is 17.8. The lowest BCUT2D eigenvalue weighted by atomic mass is 9.75. The number of methoxy groups -OCH3 is 1. The normalized spacial score (nSPS) is 21.1. The Bertz CT molecular complexity index is 999. The van der Waals surface area contributed by atoms with Crippen molar-refractivity contribution in [3.63, 3.8) is 0 Å². The van der Waals surface area contributed by atoms with E-state index in [-0.39, 0.29) is 22.6 Å². The Hall–Kier alpha value is -3.10. The second kappa shape index (κ2) is 9.18. The second-order valence-corrected chi connectivity index (χ2v) is 8.05. The number of carboxylic acid groups (broad SMARTS) is 1. The zero-order valence-electron chi connectivity index (χ0n) is 17.8. The third kappa shape index (κ3) is 4.87. The van der Waals surface area contributed by atoms with Gasteiger partial charge in [0.2, 0.25) is 5.88 Å². The Morgan fingerprint density at radius 1 is 1.25 bits per heavy atom. The van der Waals surface area contributed by atoms with Gasteiger partial charge in [-0.1, -0.05) is 25.5 Å². The fourth-order valence-electron chi connectivity index (χ4n) is 4.07. The van der Waals surface area contributed by atoms with E-state index in [0.717, 1.165) is 18.6 Å². The highest BCUT2D eigenvalue weighted by molar-refractivity contribution is 5.98. The maximum absolute atomic E-state index is 13.1. The highest BCUT2D eigenvalue weighted by Crippen LogP contribution is 2.36. The van der Waals surface area contributed by atoms with Gasteiger partial charge in [0.05, 0.1) is 18.2 Å². The number of hydrogen-bond acceptors (Lipinski definition) is 4. The number of ether oxygens (including phenoxy) is 1. The molecule has 1 aliphatic carbocycles. The molecule has 2 aromatic rings. The summed E-state index contributed by atoms with van der Waals surface area (Å²) in [7, 11) is 1.32. The van der Waals surface area contributed by atoms with Crippen LogP contribution in [0.1, 0.15) is 54.9 Å². The second-order valence-electron chi connectivity index (χ2n) is 8.05. The van der Waals surface area contributed by atoms with Crippen molar-refractivity contribution in [1.82, 2.24) is 10.3 Å². The molecule has 0 aliphatic heterocycles. The molecule has 6 nitrogen and oxygen atoms in total. The molecule has 1 amide bonds. The van der Waals surface area contributed by atoms with Gasteiger partial charge in [0.1, 0.15) is 5.54 Å². The lowest BCUT2D eigenvalue weighted by molar-refractivity contribution is -0.146. The van der Waals surface area contributed by atoms with Crippen LogP contribution in [0, 0.1) is 5.92 Å². The van der Waals surface area contributed by atoms with E-state index in [1.807, 2.05) is 0 Å². The third-order valence-corrected chi connectivity index (χ3v) is 6.11. The van der Waals surface area contributed by atoms with Crippen LogP contribution in [0.25, 0.3) is 11.1 Å². The van der Waals surface area contributed by atoms with Crippen molar-refractivity contribution >= 4 is 11.9 Å². The number of halogens is 3. The molecule has 0 spiro atoms. The number of carbonyl (C=O) groups is 2. The van der Waals surface area contributed by atoms with E-state index in [0.29, 0.717) is 31.6 Å². The number of aliphatic carboxylic acids is 1. The van der Waals surface area contributed by atoms with E-state index in [2.05, 4.69) is 17.2 Å². The first kappa shape index (κ1) is 23.6. The summed E-state index contributed by atoms with van der Waals surface area (Å²) in [6.07, 6.45) is -0.339. The maximum atomic E-state index is 13.1. The minimum Gasteiger partial charge on any atom is -0.481 e. The van der Waals surface area contributed by atoms with Gasteiger partial charge in [0, 0.05) is 11.8 Å². The van der Waals surface area contributed by atoms with Crippen molar-refractivity contribution in [1.29, 1.82) is 0 Å². The van der Waals surface area contributed by atoms with Crippen molar-refractivity contribution in [2.45, 2.75) is 50.7 Å². The van der Waals surface area contributed by atoms with Gasteiger partial charge in [-0.15, -0.1) is 0 Å². The summed E-state index contributed by atoms with van der Waals surface area (Å²) in [6, 6.07) is 5.98. The van der Waals surface area contributed by atoms with Crippen molar-refractivity contribution < 1.29 is 32.6 Å². The van der Waals surface area contributed by atoms with Crippen molar-refractivity contribution in [2.75, 3.05) is 7.11 Å². The summed E-state index contributed by atoms with van der Waals surface area (Å²) in [5.74, 6) is -1.27. The molecule has 1 saturated carbocycles. The van der Waals surface area contributed by atoms with Crippen LogP contribution in [0.3, 0.4) is 0 Å². The minimum absolute atomic E-state index is 0.0384. The number of amides is 1. The quantitative estimate of drug-likeness (QED) is 0.652. The van der Waals surface area contributed by atoms with Crippen molar-refractivity contribution in [3.05, 3.63) is 47.7 Å². The van der Waals surface area contributed by atoms with Gasteiger partial charge in [0.25, 0.3) is 5.91 Å². The van der Waals surface area contributed by atoms with Crippen molar-refractivity contribution in [2.24, 2.45) is 5.92 Å². The van der Waals surface area contributed by atoms with Gasteiger partial charge in [-0.25, -0.2) is 9.78 Å². The third-order valence-electron chi connectivity index (χ3n) is 6.11. The number of nitrogens with one attached hydrogen (secondary N) is 1. The summed E-state index contributed by atoms with van der Waals surface area (Å²) in [5.41, 5.74) is -1.81. The topological polar surface area (TPSA) is 88.5 Å². The molecule has 9 heteroatoms. The van der Waals surface area contributed by atoms with Crippen LogP contribution in [-0.2, 0) is 11.0 Å². The van der Waals surface area contributed by atoms with Crippen LogP contribution >= 0.6 is 0 Å². The number of benzene rings is 1. The molecule has 0 atom stereocenters. The predicted molar refractivity (Wildman–Crippen MR) is 111 cm³/mol. The first-order chi connectivity index (χ1) is 15.1. The van der Waals surface area contributed by atoms with E-state index in [9.17, 15) is 27.9 Å². The lowest BCUT2D eigenvalue weighted by Gasteiger charge is -2.37. The molecular formula is C23H25F3N2O4. The maximum Gasteiger partial charge on any atom is 0.416 e. The average Bonchev–Trinajstić information content (AvgIpc) is 2.78. The number of carboxylic acids is 1. The van der Waals surface area contributed by atoms with Gasteiger partial charge in [-0.3, -0.25) is 4.79 Å². The molecule has 0 unspecified atom stereocenters. The van der Waals surface area contributed by atoms with Crippen LogP contribution in [0.15, 0.2) is 36.5 Å². The summed E-state index contributed by atoms with van der Waals surface area (Å²) < 4.78 is 44.6. The van der Waals surface area contributed by atoms with Crippen LogP contribution in [0.4, 0.5) is 13.2 Å². The van der Waals surface area contributed by atoms with E-state index < -0.39 is 29.2 Å². The smallest absolute Gasteiger partial charge is 0.416 e. The molecular weight excluding hydrogens is 425 g/mol. The lowest BCUT2D eigenvalue weighted by Crippen LogP contribution is -2.56. The monoisotopic (exact) mass is 450 g/mol. The Balaban J connectivity index is 1.93. The van der Waals surface area contributed by atoms with Crippen LogP contribution in [0.5, 0.6) is 5.88 Å². The number of aromatic nitrogens is 1. The number of hydrogen-bond donors (Lipinski definition) is 2. The summed E-state index contributed by atoms with van der Waals surface area (Å²) in [5, 5.41) is 12.5. The van der Waals surface area contributed by atoms with E-state index >= 15 is 0 Å². The number of pyridine rings is 1. The molecule has 0 saturated heterocycles. The molecule has 0 bridgehead atoms. The molecule has 1 fully saturated rings. The molecule has 0 radical (unpaired) electrons. The molecule has 1 aliphatic rings. The van der Waals surface area contributed by atoms with Crippen LogP contribution in [-0.4, -0.2) is 34.6 Å². The van der Waals surface area contributed by atoms with E-state index in [1.165, 1.54) is 31.5 Å². The summed E-state index contributed by atoms with van der Waals surface area (Å²) >= 11 is 0. The van der Waals surface area contributed by atoms with E-state index in [4.69, 9.17) is 4.74 Å². The number of carbonyl (C=O) groups excluding carboxylic acids is 1. The fourth-order valence-corrected chi connectivity index (χ4v) is 4.07. The highest BCUT2D eigenvalue weighted by atomic mass is 19.4. The Morgan fingerprint density at radius 2 is 1.94 bits per heavy atom. The SMILES string of the molecule is CC[C@H]1CC[C@](NC(=O)c2cnc(OC)c(-c3cccc(C(F)(F)F)c3)c2)(C(=O)O)CC1. The zero-order chi connectivity index (χ0) is 23.5. The van der Waals surface area contributed by atoms with Gasteiger partial charge in [0.15, 0.2) is 0 Å². The van der Waals surface area contributed by atoms with E-state index in [1.54, 1.807) is 0 Å². The first-order valence-corrected chi connectivity index (χ1v) is 10.4. The molecule has 32 heavy (non-hydrogen) atoms. The van der Waals surface area contributed by atoms with Crippen LogP contribution < -0.4 is 10.1 Å². The minimum atomic E-state index is -4.53. The largest absolute Gasteiger partial charge is 0.481 e. The van der Waals surface area contributed by atoms with Gasteiger partial charge in [-0.2, -0.15) is 13.2 Å². The average molecular weight is 450 g/mol. The van der Waals surface area contributed by atoms with Gasteiger partial charge >= 0.3 is 12.1 Å². The molecule has 1 aromatic carbocycles. The Kier molecular flexibility index (Phi) is 6.76. The molecule has 1 heterocycles. The van der Waals surface area contributed by atoms with Gasteiger partial charge in [-0.05, 0) is 55.4 Å². The summed E-state index contributed by atoms with van der Waals surface area (Å²) in [4.78, 5) is 29.0. The highest BCUT2D eigenvalue weighted by Gasteiger charge is 2.43.